The van der Waals surface area contributed by atoms with E-state index in [1.54, 1.807) is 18.4 Å². The average molecular weight is 279 g/mol. The molecule has 0 radical (unpaired) electrons. The molecule has 1 fully saturated rings. The highest BCUT2D eigenvalue weighted by Crippen LogP contribution is 2.45. The molecule has 3 rings (SSSR count). The molecule has 104 valence electrons. The summed E-state index contributed by atoms with van der Waals surface area (Å²) < 4.78 is 5.88. The zero-order chi connectivity index (χ0) is 13.5. The first kappa shape index (κ1) is 13.3. The summed E-state index contributed by atoms with van der Waals surface area (Å²) in [4.78, 5) is 17.8. The molecule has 0 spiro atoms. The van der Waals surface area contributed by atoms with Gasteiger partial charge < -0.3 is 4.74 Å². The molecule has 1 aromatic rings. The van der Waals surface area contributed by atoms with Crippen LogP contribution in [-0.2, 0) is 16.8 Å². The van der Waals surface area contributed by atoms with Gasteiger partial charge in [0.15, 0.2) is 5.78 Å². The van der Waals surface area contributed by atoms with E-state index in [9.17, 15) is 4.79 Å². The molecule has 0 N–H and O–H groups in total. The molecule has 0 saturated heterocycles. The van der Waals surface area contributed by atoms with E-state index in [-0.39, 0.29) is 11.4 Å². The van der Waals surface area contributed by atoms with Gasteiger partial charge in [-0.3, -0.25) is 4.79 Å². The number of aryl methyl sites for hydroxylation is 1. The Morgan fingerprint density at radius 2 is 2.21 bits per heavy atom. The van der Waals surface area contributed by atoms with Gasteiger partial charge in [0.1, 0.15) is 16.3 Å². The maximum atomic E-state index is 11.9. The average Bonchev–Trinajstić information content (AvgIpc) is 2.84. The number of Topliss-reactive ketones (excluding diaryl/α,β-unsaturated/α-hetero) is 1. The number of thiazole rings is 1. The van der Waals surface area contributed by atoms with E-state index in [0.717, 1.165) is 36.4 Å². The van der Waals surface area contributed by atoms with Crippen molar-refractivity contribution in [3.05, 3.63) is 15.6 Å². The van der Waals surface area contributed by atoms with E-state index in [1.165, 1.54) is 17.7 Å². The maximum Gasteiger partial charge on any atom is 0.182 e. The van der Waals surface area contributed by atoms with Gasteiger partial charge in [-0.1, -0.05) is 13.3 Å². The van der Waals surface area contributed by atoms with E-state index in [2.05, 4.69) is 11.9 Å². The molecule has 0 amide bonds. The van der Waals surface area contributed by atoms with Gasteiger partial charge in [0.2, 0.25) is 0 Å². The number of rotatable bonds is 2. The molecule has 4 heteroatoms. The van der Waals surface area contributed by atoms with Gasteiger partial charge in [0, 0.05) is 18.4 Å². The summed E-state index contributed by atoms with van der Waals surface area (Å²) in [5.41, 5.74) is 0.501. The van der Waals surface area contributed by atoms with Crippen LogP contribution < -0.4 is 0 Å². The number of methoxy groups -OCH3 is 1. The first-order valence-corrected chi connectivity index (χ1v) is 8.05. The predicted octanol–water partition coefficient (Wildman–Crippen LogP) is 3.71. The fourth-order valence-corrected chi connectivity index (χ4v) is 4.76. The Hall–Kier alpha value is -0.740. The van der Waals surface area contributed by atoms with Gasteiger partial charge in [0.25, 0.3) is 0 Å². The van der Waals surface area contributed by atoms with E-state index in [1.807, 2.05) is 0 Å². The van der Waals surface area contributed by atoms with Gasteiger partial charge in [0.05, 0.1) is 0 Å². The normalized spacial score (nSPS) is 31.3. The van der Waals surface area contributed by atoms with E-state index in [4.69, 9.17) is 4.74 Å². The topological polar surface area (TPSA) is 39.2 Å². The molecule has 1 aromatic heterocycles. The number of hydrogen-bond donors (Lipinski definition) is 0. The molecule has 0 aliphatic heterocycles. The number of ether oxygens (including phenoxy) is 1. The molecule has 3 nitrogen and oxygen atoms in total. The number of nitrogens with zero attached hydrogens (tertiary/aromatic N) is 1. The van der Waals surface area contributed by atoms with Crippen molar-refractivity contribution in [3.63, 3.8) is 0 Å². The minimum atomic E-state index is -0.236. The fraction of sp³-hybridized carbons (Fsp3) is 0.733. The van der Waals surface area contributed by atoms with Gasteiger partial charge in [-0.2, -0.15) is 0 Å². The summed E-state index contributed by atoms with van der Waals surface area (Å²) in [5, 5.41) is 1.04. The lowest BCUT2D eigenvalue weighted by atomic mass is 9.79. The third-order valence-electron chi connectivity index (χ3n) is 4.51. The van der Waals surface area contributed by atoms with Gasteiger partial charge in [-0.05, 0) is 38.0 Å². The second-order valence-corrected chi connectivity index (χ2v) is 7.05. The lowest BCUT2D eigenvalue weighted by Gasteiger charge is -2.37. The highest BCUT2D eigenvalue weighted by atomic mass is 32.1. The van der Waals surface area contributed by atoms with Crippen LogP contribution in [-0.4, -0.2) is 17.9 Å². The minimum absolute atomic E-state index is 0.221. The van der Waals surface area contributed by atoms with Gasteiger partial charge in [-0.25, -0.2) is 4.98 Å². The Kier molecular flexibility index (Phi) is 3.48. The van der Waals surface area contributed by atoms with Crippen LogP contribution in [0.1, 0.15) is 65.8 Å². The number of aromatic nitrogens is 1. The van der Waals surface area contributed by atoms with Crippen molar-refractivity contribution >= 4 is 17.1 Å². The summed E-state index contributed by atoms with van der Waals surface area (Å²) in [6.07, 6.45) is 7.17. The van der Waals surface area contributed by atoms with Crippen molar-refractivity contribution in [2.24, 2.45) is 5.92 Å². The SMILES string of the molecule is COC1(c2nc3c(s2)CCCC3=O)CCCC(C)C1. The van der Waals surface area contributed by atoms with Crippen LogP contribution in [0.5, 0.6) is 0 Å². The highest BCUT2D eigenvalue weighted by Gasteiger charge is 2.40. The maximum absolute atomic E-state index is 11.9. The first-order chi connectivity index (χ1) is 9.14. The molecule has 0 aromatic carbocycles. The van der Waals surface area contributed by atoms with Gasteiger partial charge in [-0.15, -0.1) is 11.3 Å². The Bertz CT molecular complexity index is 496. The highest BCUT2D eigenvalue weighted by molar-refractivity contribution is 7.12. The molecule has 19 heavy (non-hydrogen) atoms. The molecule has 2 unspecified atom stereocenters. The molecule has 2 aliphatic rings. The lowest BCUT2D eigenvalue weighted by Crippen LogP contribution is -2.34. The summed E-state index contributed by atoms with van der Waals surface area (Å²) in [6.45, 7) is 2.28. The largest absolute Gasteiger partial charge is 0.371 e. The zero-order valence-electron chi connectivity index (χ0n) is 11.7. The summed E-state index contributed by atoms with van der Waals surface area (Å²) in [7, 11) is 1.79. The Morgan fingerprint density at radius 1 is 1.37 bits per heavy atom. The third-order valence-corrected chi connectivity index (χ3v) is 5.81. The van der Waals surface area contributed by atoms with E-state index >= 15 is 0 Å². The van der Waals surface area contributed by atoms with Crippen LogP contribution in [0, 0.1) is 5.92 Å². The first-order valence-electron chi connectivity index (χ1n) is 7.23. The fourth-order valence-electron chi connectivity index (χ4n) is 3.43. The van der Waals surface area contributed by atoms with Crippen molar-refractivity contribution in [2.75, 3.05) is 7.11 Å². The summed E-state index contributed by atoms with van der Waals surface area (Å²) in [6, 6.07) is 0. The molecule has 2 aliphatic carbocycles. The number of fused-ring (bicyclic) bond motifs is 1. The van der Waals surface area contributed by atoms with Crippen LogP contribution in [0.4, 0.5) is 0 Å². The Balaban J connectivity index is 1.98. The van der Waals surface area contributed by atoms with Crippen LogP contribution in [0.3, 0.4) is 0 Å². The molecular formula is C15H21NO2S. The van der Waals surface area contributed by atoms with Crippen LogP contribution in [0.15, 0.2) is 0 Å². The number of hydrogen-bond acceptors (Lipinski definition) is 4. The lowest BCUT2D eigenvalue weighted by molar-refractivity contribution is -0.0580. The van der Waals surface area contributed by atoms with E-state index < -0.39 is 0 Å². The second-order valence-electron chi connectivity index (χ2n) is 5.97. The number of ketones is 1. The zero-order valence-corrected chi connectivity index (χ0v) is 12.5. The standard InChI is InChI=1S/C15H21NO2S/c1-10-5-4-8-15(9-10,18-2)14-16-13-11(17)6-3-7-12(13)19-14/h10H,3-9H2,1-2H3. The molecule has 0 bridgehead atoms. The summed E-state index contributed by atoms with van der Waals surface area (Å²) >= 11 is 1.71. The number of carbonyl (C=O) groups is 1. The minimum Gasteiger partial charge on any atom is -0.371 e. The van der Waals surface area contributed by atoms with Crippen molar-refractivity contribution in [1.29, 1.82) is 0 Å². The molecule has 1 saturated carbocycles. The van der Waals surface area contributed by atoms with Gasteiger partial charge >= 0.3 is 0 Å². The Morgan fingerprint density at radius 3 is 2.89 bits per heavy atom. The predicted molar refractivity (Wildman–Crippen MR) is 75.7 cm³/mol. The summed E-state index contributed by atoms with van der Waals surface area (Å²) in [5.74, 6) is 0.893. The molecular weight excluding hydrogens is 258 g/mol. The monoisotopic (exact) mass is 279 g/mol. The molecule has 1 heterocycles. The van der Waals surface area contributed by atoms with Crippen molar-refractivity contribution in [2.45, 2.75) is 57.5 Å². The quantitative estimate of drug-likeness (QED) is 0.828. The van der Waals surface area contributed by atoms with Crippen molar-refractivity contribution in [3.8, 4) is 0 Å². The van der Waals surface area contributed by atoms with Crippen LogP contribution in [0.2, 0.25) is 0 Å². The van der Waals surface area contributed by atoms with E-state index in [0.29, 0.717) is 12.3 Å². The Labute approximate surface area is 118 Å². The number of carbonyl (C=O) groups excluding carboxylic acids is 1. The smallest absolute Gasteiger partial charge is 0.182 e. The van der Waals surface area contributed by atoms with Crippen LogP contribution >= 0.6 is 11.3 Å². The molecule has 2 atom stereocenters. The second kappa shape index (κ2) is 4.98. The van der Waals surface area contributed by atoms with Crippen molar-refractivity contribution in [1.82, 2.24) is 4.98 Å². The van der Waals surface area contributed by atoms with Crippen molar-refractivity contribution < 1.29 is 9.53 Å². The van der Waals surface area contributed by atoms with Crippen LogP contribution in [0.25, 0.3) is 0 Å². The third kappa shape index (κ3) is 2.25.